The second kappa shape index (κ2) is 7.56. The van der Waals surface area contributed by atoms with Gasteiger partial charge in [-0.3, -0.25) is 9.69 Å². The van der Waals surface area contributed by atoms with Crippen LogP contribution in [0.3, 0.4) is 0 Å². The summed E-state index contributed by atoms with van der Waals surface area (Å²) in [5.74, 6) is 0.0299. The van der Waals surface area contributed by atoms with Crippen LogP contribution in [0, 0.1) is 11.3 Å². The highest BCUT2D eigenvalue weighted by Crippen LogP contribution is 1.85. The number of nitrogens with one attached hydrogen (secondary N) is 1. The van der Waals surface area contributed by atoms with Crippen LogP contribution in [-0.4, -0.2) is 37.5 Å². The summed E-state index contributed by atoms with van der Waals surface area (Å²) in [5, 5.41) is 11.1. The summed E-state index contributed by atoms with van der Waals surface area (Å²) in [5.41, 5.74) is 0. The predicted octanol–water partition coefficient (Wildman–Crippen LogP) is 0.358. The van der Waals surface area contributed by atoms with Crippen molar-refractivity contribution in [1.82, 2.24) is 10.2 Å². The van der Waals surface area contributed by atoms with Crippen molar-refractivity contribution in [3.63, 3.8) is 0 Å². The molecule has 0 heterocycles. The van der Waals surface area contributed by atoms with Gasteiger partial charge in [-0.1, -0.05) is 6.92 Å². The van der Waals surface area contributed by atoms with Crippen LogP contribution in [0.2, 0.25) is 0 Å². The zero-order valence-electron chi connectivity index (χ0n) is 8.34. The van der Waals surface area contributed by atoms with Gasteiger partial charge in [0.15, 0.2) is 0 Å². The summed E-state index contributed by atoms with van der Waals surface area (Å²) in [6, 6.07) is 2.04. The first-order valence-corrected chi connectivity index (χ1v) is 4.53. The number of amides is 1. The molecule has 0 aliphatic heterocycles. The number of rotatable bonds is 6. The first kappa shape index (κ1) is 11.9. The smallest absolute Gasteiger partial charge is 0.234 e. The Labute approximate surface area is 79.5 Å². The maximum atomic E-state index is 11.1. The molecule has 0 aliphatic rings. The van der Waals surface area contributed by atoms with Gasteiger partial charge in [-0.05, 0) is 13.5 Å². The van der Waals surface area contributed by atoms with Crippen LogP contribution >= 0.6 is 0 Å². The summed E-state index contributed by atoms with van der Waals surface area (Å²) in [7, 11) is 1.84. The van der Waals surface area contributed by atoms with Crippen LogP contribution in [-0.2, 0) is 4.79 Å². The van der Waals surface area contributed by atoms with Crippen LogP contribution in [0.5, 0.6) is 0 Å². The number of hydrogen-bond acceptors (Lipinski definition) is 3. The zero-order chi connectivity index (χ0) is 10.1. The van der Waals surface area contributed by atoms with Gasteiger partial charge in [-0.25, -0.2) is 0 Å². The van der Waals surface area contributed by atoms with Gasteiger partial charge in [-0.2, -0.15) is 5.26 Å². The quantitative estimate of drug-likeness (QED) is 0.646. The highest BCUT2D eigenvalue weighted by atomic mass is 16.1. The van der Waals surface area contributed by atoms with Crippen molar-refractivity contribution in [2.75, 3.05) is 26.7 Å². The SMILES string of the molecule is CCCNC(=O)CN(C)CCC#N. The molecule has 0 unspecified atom stereocenters. The molecule has 0 fully saturated rings. The topological polar surface area (TPSA) is 56.1 Å². The Morgan fingerprint density at radius 1 is 1.62 bits per heavy atom. The van der Waals surface area contributed by atoms with Gasteiger partial charge >= 0.3 is 0 Å². The van der Waals surface area contributed by atoms with E-state index in [4.69, 9.17) is 5.26 Å². The highest BCUT2D eigenvalue weighted by molar-refractivity contribution is 5.77. The average Bonchev–Trinajstić information content (AvgIpc) is 2.11. The van der Waals surface area contributed by atoms with E-state index in [0.29, 0.717) is 19.5 Å². The molecule has 0 aromatic rings. The van der Waals surface area contributed by atoms with Crippen molar-refractivity contribution in [2.45, 2.75) is 19.8 Å². The fourth-order valence-electron chi connectivity index (χ4n) is 0.885. The van der Waals surface area contributed by atoms with E-state index in [1.54, 1.807) is 0 Å². The summed E-state index contributed by atoms with van der Waals surface area (Å²) in [4.78, 5) is 13.0. The number of nitriles is 1. The van der Waals surface area contributed by atoms with E-state index in [1.807, 2.05) is 24.9 Å². The van der Waals surface area contributed by atoms with E-state index in [9.17, 15) is 4.79 Å². The summed E-state index contributed by atoms with van der Waals surface area (Å²) < 4.78 is 0. The number of hydrogen-bond donors (Lipinski definition) is 1. The molecule has 74 valence electrons. The molecule has 0 saturated heterocycles. The molecule has 0 saturated carbocycles. The molecular formula is C9H17N3O. The van der Waals surface area contributed by atoms with Crippen LogP contribution in [0.15, 0.2) is 0 Å². The first-order chi connectivity index (χ1) is 6.20. The van der Waals surface area contributed by atoms with E-state index >= 15 is 0 Å². The fourth-order valence-corrected chi connectivity index (χ4v) is 0.885. The monoisotopic (exact) mass is 183 g/mol. The lowest BCUT2D eigenvalue weighted by molar-refractivity contribution is -0.121. The van der Waals surface area contributed by atoms with Gasteiger partial charge in [-0.15, -0.1) is 0 Å². The van der Waals surface area contributed by atoms with E-state index in [0.717, 1.165) is 13.0 Å². The molecule has 0 spiro atoms. The highest BCUT2D eigenvalue weighted by Gasteiger charge is 2.04. The minimum atomic E-state index is 0.0299. The molecule has 4 heteroatoms. The molecule has 0 radical (unpaired) electrons. The predicted molar refractivity (Wildman–Crippen MR) is 51.0 cm³/mol. The third kappa shape index (κ3) is 7.29. The second-order valence-corrected chi connectivity index (χ2v) is 3.00. The van der Waals surface area contributed by atoms with Crippen molar-refractivity contribution < 1.29 is 4.79 Å². The molecule has 13 heavy (non-hydrogen) atoms. The average molecular weight is 183 g/mol. The zero-order valence-corrected chi connectivity index (χ0v) is 8.34. The molecule has 0 aromatic heterocycles. The van der Waals surface area contributed by atoms with Crippen LogP contribution in [0.4, 0.5) is 0 Å². The van der Waals surface area contributed by atoms with Crippen LogP contribution in [0.25, 0.3) is 0 Å². The minimum absolute atomic E-state index is 0.0299. The lowest BCUT2D eigenvalue weighted by Gasteiger charge is -2.13. The van der Waals surface area contributed by atoms with E-state index in [-0.39, 0.29) is 5.91 Å². The molecule has 1 N–H and O–H groups in total. The summed E-state index contributed by atoms with van der Waals surface area (Å²) >= 11 is 0. The maximum Gasteiger partial charge on any atom is 0.234 e. The number of carbonyl (C=O) groups is 1. The van der Waals surface area contributed by atoms with Crippen LogP contribution < -0.4 is 5.32 Å². The van der Waals surface area contributed by atoms with E-state index in [2.05, 4.69) is 5.32 Å². The minimum Gasteiger partial charge on any atom is -0.355 e. The van der Waals surface area contributed by atoms with Crippen LogP contribution in [0.1, 0.15) is 19.8 Å². The second-order valence-electron chi connectivity index (χ2n) is 3.00. The Morgan fingerprint density at radius 2 is 2.31 bits per heavy atom. The summed E-state index contributed by atoms with van der Waals surface area (Å²) in [6.07, 6.45) is 1.42. The number of likely N-dealkylation sites (N-methyl/N-ethyl adjacent to an activating group) is 1. The van der Waals surface area contributed by atoms with Gasteiger partial charge in [0.25, 0.3) is 0 Å². The van der Waals surface area contributed by atoms with Crippen molar-refractivity contribution in [3.8, 4) is 6.07 Å². The van der Waals surface area contributed by atoms with Crippen molar-refractivity contribution in [3.05, 3.63) is 0 Å². The van der Waals surface area contributed by atoms with Crippen molar-refractivity contribution in [1.29, 1.82) is 5.26 Å². The van der Waals surface area contributed by atoms with Gasteiger partial charge in [0.05, 0.1) is 12.6 Å². The Bertz CT molecular complexity index is 186. The molecule has 0 aliphatic carbocycles. The Morgan fingerprint density at radius 3 is 2.85 bits per heavy atom. The fraction of sp³-hybridized carbons (Fsp3) is 0.778. The Balaban J connectivity index is 3.48. The van der Waals surface area contributed by atoms with Gasteiger partial charge < -0.3 is 5.32 Å². The molecule has 0 bridgehead atoms. The van der Waals surface area contributed by atoms with Crippen molar-refractivity contribution >= 4 is 5.91 Å². The normalized spacial score (nSPS) is 9.69. The third-order valence-electron chi connectivity index (χ3n) is 1.59. The number of nitrogens with zero attached hydrogens (tertiary/aromatic N) is 2. The molecule has 0 atom stereocenters. The maximum absolute atomic E-state index is 11.1. The van der Waals surface area contributed by atoms with E-state index < -0.39 is 0 Å². The standard InChI is InChI=1S/C9H17N3O/c1-3-6-11-9(13)8-12(2)7-4-5-10/h3-4,6-8H2,1-2H3,(H,11,13). The van der Waals surface area contributed by atoms with Gasteiger partial charge in [0, 0.05) is 19.5 Å². The molecule has 1 amide bonds. The molecule has 4 nitrogen and oxygen atoms in total. The van der Waals surface area contributed by atoms with Crippen molar-refractivity contribution in [2.24, 2.45) is 0 Å². The summed E-state index contributed by atoms with van der Waals surface area (Å²) in [6.45, 7) is 3.77. The number of carbonyl (C=O) groups excluding carboxylic acids is 1. The molecule has 0 aromatic carbocycles. The first-order valence-electron chi connectivity index (χ1n) is 4.53. The largest absolute Gasteiger partial charge is 0.355 e. The van der Waals surface area contributed by atoms with Gasteiger partial charge in [0.2, 0.25) is 5.91 Å². The van der Waals surface area contributed by atoms with Gasteiger partial charge in [0.1, 0.15) is 0 Å². The molecular weight excluding hydrogens is 166 g/mol. The Kier molecular flexibility index (Phi) is 6.93. The third-order valence-corrected chi connectivity index (χ3v) is 1.59. The lowest BCUT2D eigenvalue weighted by Crippen LogP contribution is -2.35. The molecule has 0 rings (SSSR count). The van der Waals surface area contributed by atoms with E-state index in [1.165, 1.54) is 0 Å². The lowest BCUT2D eigenvalue weighted by atomic mass is 10.4. The Hall–Kier alpha value is -1.08.